The Balaban J connectivity index is 1.51. The van der Waals surface area contributed by atoms with Crippen molar-refractivity contribution in [3.8, 4) is 5.75 Å². The van der Waals surface area contributed by atoms with Gasteiger partial charge in [-0.05, 0) is 72.8 Å². The second kappa shape index (κ2) is 9.85. The van der Waals surface area contributed by atoms with Crippen molar-refractivity contribution >= 4 is 21.8 Å². The van der Waals surface area contributed by atoms with Crippen molar-refractivity contribution in [2.75, 3.05) is 26.2 Å². The van der Waals surface area contributed by atoms with Crippen LogP contribution in [0, 0.1) is 5.92 Å². The smallest absolute Gasteiger partial charge is 0.220 e. The number of nitrogens with one attached hydrogen (secondary N) is 2. The minimum atomic E-state index is 0.125. The summed E-state index contributed by atoms with van der Waals surface area (Å²) in [4.78, 5) is 11.8. The maximum Gasteiger partial charge on any atom is 0.220 e. The zero-order valence-corrected chi connectivity index (χ0v) is 14.5. The second-order valence-corrected chi connectivity index (χ2v) is 6.59. The summed E-state index contributed by atoms with van der Waals surface area (Å²) in [6.07, 6.45) is 4.87. The van der Waals surface area contributed by atoms with Gasteiger partial charge in [-0.1, -0.05) is 12.1 Å². The molecule has 1 aromatic rings. The zero-order valence-electron chi connectivity index (χ0n) is 12.9. The van der Waals surface area contributed by atoms with Gasteiger partial charge in [0.1, 0.15) is 5.75 Å². The molecule has 0 aromatic heterocycles. The van der Waals surface area contributed by atoms with Crippen LogP contribution < -0.4 is 15.4 Å². The van der Waals surface area contributed by atoms with Crippen LogP contribution in [0.4, 0.5) is 0 Å². The van der Waals surface area contributed by atoms with E-state index in [-0.39, 0.29) is 5.91 Å². The molecule has 1 aromatic carbocycles. The number of carbonyl (C=O) groups is 1. The molecule has 4 nitrogen and oxygen atoms in total. The molecule has 2 rings (SSSR count). The van der Waals surface area contributed by atoms with E-state index in [4.69, 9.17) is 4.74 Å². The van der Waals surface area contributed by atoms with Crippen molar-refractivity contribution in [1.29, 1.82) is 0 Å². The van der Waals surface area contributed by atoms with E-state index >= 15 is 0 Å². The molecule has 0 spiro atoms. The van der Waals surface area contributed by atoms with Gasteiger partial charge >= 0.3 is 0 Å². The van der Waals surface area contributed by atoms with Crippen LogP contribution in [0.5, 0.6) is 5.75 Å². The van der Waals surface area contributed by atoms with Crippen LogP contribution in [0.25, 0.3) is 0 Å². The van der Waals surface area contributed by atoms with Crippen molar-refractivity contribution in [1.82, 2.24) is 10.6 Å². The van der Waals surface area contributed by atoms with E-state index in [2.05, 4.69) is 26.6 Å². The van der Waals surface area contributed by atoms with Crippen LogP contribution in [0.1, 0.15) is 32.1 Å². The van der Waals surface area contributed by atoms with Gasteiger partial charge in [-0.15, -0.1) is 0 Å². The van der Waals surface area contributed by atoms with E-state index in [1.54, 1.807) is 0 Å². The van der Waals surface area contributed by atoms with E-state index < -0.39 is 0 Å². The lowest BCUT2D eigenvalue weighted by atomic mass is 9.96. The molecule has 1 aliphatic heterocycles. The normalized spacial score (nSPS) is 18.0. The molecule has 0 radical (unpaired) electrons. The standard InChI is InChI=1S/C17H25BrN2O2/c18-15-6-1-2-7-16(15)22-12-4-8-17(21)20-11-9-14-5-3-10-19-13-14/h1-2,6-7,14,19H,3-5,8-13H2,(H,20,21). The largest absolute Gasteiger partial charge is 0.492 e. The molecule has 1 unspecified atom stereocenters. The highest BCUT2D eigenvalue weighted by molar-refractivity contribution is 9.10. The Morgan fingerprint density at radius 1 is 1.41 bits per heavy atom. The van der Waals surface area contributed by atoms with E-state index in [1.165, 1.54) is 12.8 Å². The van der Waals surface area contributed by atoms with Crippen molar-refractivity contribution < 1.29 is 9.53 Å². The monoisotopic (exact) mass is 368 g/mol. The quantitative estimate of drug-likeness (QED) is 0.693. The van der Waals surface area contributed by atoms with Gasteiger partial charge in [0, 0.05) is 13.0 Å². The molecular formula is C17H25BrN2O2. The number of halogens is 1. The molecule has 0 aliphatic carbocycles. The average Bonchev–Trinajstić information content (AvgIpc) is 2.54. The van der Waals surface area contributed by atoms with E-state index in [1.807, 2.05) is 24.3 Å². The van der Waals surface area contributed by atoms with Crippen molar-refractivity contribution in [3.63, 3.8) is 0 Å². The number of hydrogen-bond acceptors (Lipinski definition) is 3. The van der Waals surface area contributed by atoms with Gasteiger partial charge in [-0.3, -0.25) is 4.79 Å². The van der Waals surface area contributed by atoms with E-state index in [0.29, 0.717) is 18.9 Å². The summed E-state index contributed by atoms with van der Waals surface area (Å²) in [6, 6.07) is 7.75. The fourth-order valence-corrected chi connectivity index (χ4v) is 3.05. The third kappa shape index (κ3) is 6.36. The first-order valence-electron chi connectivity index (χ1n) is 8.10. The number of carbonyl (C=O) groups excluding carboxylic acids is 1. The van der Waals surface area contributed by atoms with Crippen molar-refractivity contribution in [3.05, 3.63) is 28.7 Å². The van der Waals surface area contributed by atoms with Gasteiger partial charge < -0.3 is 15.4 Å². The number of amides is 1. The van der Waals surface area contributed by atoms with Crippen LogP contribution in [-0.2, 0) is 4.79 Å². The summed E-state index contributed by atoms with van der Waals surface area (Å²) < 4.78 is 6.60. The Kier molecular flexibility index (Phi) is 7.74. The molecule has 5 heteroatoms. The van der Waals surface area contributed by atoms with Crippen LogP contribution >= 0.6 is 15.9 Å². The number of para-hydroxylation sites is 1. The third-order valence-electron chi connectivity index (χ3n) is 3.92. The lowest BCUT2D eigenvalue weighted by Gasteiger charge is -2.22. The Hall–Kier alpha value is -1.07. The number of ether oxygens (including phenoxy) is 1. The Bertz CT molecular complexity index is 462. The zero-order chi connectivity index (χ0) is 15.6. The molecule has 1 atom stereocenters. The maximum absolute atomic E-state index is 11.8. The number of benzene rings is 1. The van der Waals surface area contributed by atoms with Crippen LogP contribution in [0.15, 0.2) is 28.7 Å². The van der Waals surface area contributed by atoms with Crippen molar-refractivity contribution in [2.24, 2.45) is 5.92 Å². The highest BCUT2D eigenvalue weighted by atomic mass is 79.9. The molecule has 22 heavy (non-hydrogen) atoms. The topological polar surface area (TPSA) is 50.4 Å². The van der Waals surface area contributed by atoms with Gasteiger partial charge in [0.15, 0.2) is 0 Å². The second-order valence-electron chi connectivity index (χ2n) is 5.73. The molecule has 2 N–H and O–H groups in total. The predicted molar refractivity (Wildman–Crippen MR) is 92.1 cm³/mol. The Labute approximate surface area is 141 Å². The molecule has 0 bridgehead atoms. The summed E-state index contributed by atoms with van der Waals surface area (Å²) in [5.41, 5.74) is 0. The molecule has 122 valence electrons. The molecule has 0 saturated carbocycles. The summed E-state index contributed by atoms with van der Waals surface area (Å²) in [7, 11) is 0. The first-order valence-corrected chi connectivity index (χ1v) is 8.90. The maximum atomic E-state index is 11.8. The minimum Gasteiger partial charge on any atom is -0.492 e. The number of rotatable bonds is 8. The van der Waals surface area contributed by atoms with Crippen LogP contribution in [-0.4, -0.2) is 32.1 Å². The molecule has 1 amide bonds. The van der Waals surface area contributed by atoms with Gasteiger partial charge in [-0.2, -0.15) is 0 Å². The number of hydrogen-bond donors (Lipinski definition) is 2. The molecule has 1 heterocycles. The summed E-state index contributed by atoms with van der Waals surface area (Å²) >= 11 is 3.44. The van der Waals surface area contributed by atoms with Gasteiger partial charge in [0.05, 0.1) is 11.1 Å². The van der Waals surface area contributed by atoms with E-state index in [9.17, 15) is 4.79 Å². The van der Waals surface area contributed by atoms with Gasteiger partial charge in [0.2, 0.25) is 5.91 Å². The SMILES string of the molecule is O=C(CCCOc1ccccc1Br)NCCC1CCCNC1. The lowest BCUT2D eigenvalue weighted by molar-refractivity contribution is -0.121. The van der Waals surface area contributed by atoms with Gasteiger partial charge in [-0.25, -0.2) is 0 Å². The number of piperidine rings is 1. The molecule has 1 aliphatic rings. The minimum absolute atomic E-state index is 0.125. The first-order chi connectivity index (χ1) is 10.8. The van der Waals surface area contributed by atoms with Crippen molar-refractivity contribution in [2.45, 2.75) is 32.1 Å². The fraction of sp³-hybridized carbons (Fsp3) is 0.588. The molecule has 1 saturated heterocycles. The molecular weight excluding hydrogens is 344 g/mol. The highest BCUT2D eigenvalue weighted by Crippen LogP contribution is 2.23. The van der Waals surface area contributed by atoms with E-state index in [0.717, 1.165) is 42.7 Å². The highest BCUT2D eigenvalue weighted by Gasteiger charge is 2.12. The average molecular weight is 369 g/mol. The summed E-state index contributed by atoms with van der Waals surface area (Å²) in [5, 5.41) is 6.41. The van der Waals surface area contributed by atoms with Crippen LogP contribution in [0.2, 0.25) is 0 Å². The molecule has 1 fully saturated rings. The Morgan fingerprint density at radius 3 is 3.05 bits per heavy atom. The third-order valence-corrected chi connectivity index (χ3v) is 4.57. The van der Waals surface area contributed by atoms with Crippen LogP contribution in [0.3, 0.4) is 0 Å². The Morgan fingerprint density at radius 2 is 2.27 bits per heavy atom. The first kappa shape index (κ1) is 17.3. The summed E-state index contributed by atoms with van der Waals surface area (Å²) in [6.45, 7) is 3.58. The lowest BCUT2D eigenvalue weighted by Crippen LogP contribution is -2.33. The predicted octanol–water partition coefficient (Wildman–Crippen LogP) is 3.11. The summed E-state index contributed by atoms with van der Waals surface area (Å²) in [5.74, 6) is 1.67. The van der Waals surface area contributed by atoms with Gasteiger partial charge in [0.25, 0.3) is 0 Å². The fourth-order valence-electron chi connectivity index (χ4n) is 2.65.